The van der Waals surface area contributed by atoms with E-state index in [2.05, 4.69) is 14.5 Å². The Morgan fingerprint density at radius 3 is 2.55 bits per heavy atom. The van der Waals surface area contributed by atoms with Crippen LogP contribution in [-0.4, -0.2) is 52.8 Å². The number of aromatic nitrogens is 3. The molecule has 3 fully saturated rings. The van der Waals surface area contributed by atoms with E-state index in [0.717, 1.165) is 44.9 Å². The molecular weight excluding hydrogens is 381 g/mol. The first-order valence-electron chi connectivity index (χ1n) is 10.2. The van der Waals surface area contributed by atoms with Crippen LogP contribution in [0.1, 0.15) is 41.9 Å². The summed E-state index contributed by atoms with van der Waals surface area (Å²) in [5.74, 6) is 2.69. The number of piperidine rings is 1. The van der Waals surface area contributed by atoms with E-state index in [-0.39, 0.29) is 5.69 Å². The minimum atomic E-state index is -4.41. The van der Waals surface area contributed by atoms with Gasteiger partial charge in [-0.15, -0.1) is 0 Å². The highest BCUT2D eigenvalue weighted by Crippen LogP contribution is 2.57. The largest absolute Gasteiger partial charge is 0.418 e. The zero-order valence-electron chi connectivity index (χ0n) is 16.6. The van der Waals surface area contributed by atoms with Gasteiger partial charge in [0.05, 0.1) is 17.9 Å². The average molecular weight is 406 g/mol. The second kappa shape index (κ2) is 6.80. The lowest BCUT2D eigenvalue weighted by molar-refractivity contribution is -0.138. The van der Waals surface area contributed by atoms with Gasteiger partial charge in [-0.3, -0.25) is 4.98 Å². The number of hydrogen-bond acceptors (Lipinski definition) is 4. The molecule has 2 aromatic rings. The Kier molecular flexibility index (Phi) is 4.47. The summed E-state index contributed by atoms with van der Waals surface area (Å²) in [5.41, 5.74) is 0.354. The molecule has 3 heterocycles. The Balaban J connectivity index is 1.41. The van der Waals surface area contributed by atoms with E-state index in [1.54, 1.807) is 7.11 Å². The van der Waals surface area contributed by atoms with Gasteiger partial charge in [-0.05, 0) is 37.7 Å². The van der Waals surface area contributed by atoms with Crippen LogP contribution in [-0.2, 0) is 10.9 Å². The summed E-state index contributed by atoms with van der Waals surface area (Å²) in [7, 11) is 1.72. The molecule has 1 saturated heterocycles. The van der Waals surface area contributed by atoms with Crippen molar-refractivity contribution in [1.82, 2.24) is 19.4 Å². The molecule has 5 rings (SSSR count). The van der Waals surface area contributed by atoms with Gasteiger partial charge >= 0.3 is 6.18 Å². The number of pyridine rings is 1. The lowest BCUT2D eigenvalue weighted by Crippen LogP contribution is -2.28. The van der Waals surface area contributed by atoms with Crippen molar-refractivity contribution in [3.8, 4) is 11.3 Å². The number of aryl methyl sites for hydroxylation is 1. The summed E-state index contributed by atoms with van der Waals surface area (Å²) in [6.45, 7) is 5.20. The van der Waals surface area contributed by atoms with E-state index in [1.807, 2.05) is 6.20 Å². The van der Waals surface area contributed by atoms with Crippen LogP contribution in [0.3, 0.4) is 0 Å². The van der Waals surface area contributed by atoms with Crippen molar-refractivity contribution in [3.63, 3.8) is 0 Å². The quantitative estimate of drug-likeness (QED) is 0.730. The van der Waals surface area contributed by atoms with Crippen molar-refractivity contribution < 1.29 is 17.9 Å². The van der Waals surface area contributed by atoms with Crippen LogP contribution in [0.15, 0.2) is 18.5 Å². The summed E-state index contributed by atoms with van der Waals surface area (Å²) in [5, 5.41) is 0. The number of ether oxygens (including phenoxy) is 1. The number of likely N-dealkylation sites (tertiary alicyclic amines) is 1. The van der Waals surface area contributed by atoms with Crippen LogP contribution >= 0.6 is 0 Å². The second-order valence-electron chi connectivity index (χ2n) is 8.59. The first-order chi connectivity index (χ1) is 13.9. The molecule has 0 bridgehead atoms. The van der Waals surface area contributed by atoms with Crippen LogP contribution in [0.5, 0.6) is 0 Å². The Morgan fingerprint density at radius 2 is 1.93 bits per heavy atom. The smallest absolute Gasteiger partial charge is 0.383 e. The zero-order chi connectivity index (χ0) is 20.3. The number of fused-ring (bicyclic) bond motifs is 1. The SMILES string of the molecule is COCCN1C[C@@H]2C(n3cc(-c4cnc(C)c(C(F)(F)F)c4)nc3C3CC3)[C@@H]2C1. The van der Waals surface area contributed by atoms with Crippen molar-refractivity contribution in [1.29, 1.82) is 0 Å². The monoisotopic (exact) mass is 406 g/mol. The van der Waals surface area contributed by atoms with E-state index in [1.165, 1.54) is 19.2 Å². The van der Waals surface area contributed by atoms with E-state index >= 15 is 0 Å². The van der Waals surface area contributed by atoms with Gasteiger partial charge in [0.15, 0.2) is 0 Å². The molecule has 0 radical (unpaired) electrons. The van der Waals surface area contributed by atoms with Crippen molar-refractivity contribution in [3.05, 3.63) is 35.5 Å². The molecule has 156 valence electrons. The van der Waals surface area contributed by atoms with Gasteiger partial charge in [0.25, 0.3) is 0 Å². The predicted octanol–water partition coefficient (Wildman–Crippen LogP) is 3.90. The molecule has 0 N–H and O–H groups in total. The third-order valence-corrected chi connectivity index (χ3v) is 6.55. The lowest BCUT2D eigenvalue weighted by Gasteiger charge is -2.20. The molecule has 0 amide bonds. The predicted molar refractivity (Wildman–Crippen MR) is 102 cm³/mol. The number of halogens is 3. The van der Waals surface area contributed by atoms with Gasteiger partial charge in [0, 0.05) is 62.4 Å². The van der Waals surface area contributed by atoms with Gasteiger partial charge < -0.3 is 14.2 Å². The molecule has 1 aliphatic heterocycles. The number of alkyl halides is 3. The molecule has 2 aliphatic carbocycles. The maximum absolute atomic E-state index is 13.3. The molecule has 8 heteroatoms. The van der Waals surface area contributed by atoms with Gasteiger partial charge in [-0.25, -0.2) is 4.98 Å². The zero-order valence-corrected chi connectivity index (χ0v) is 16.6. The number of hydrogen-bond donors (Lipinski definition) is 0. The van der Waals surface area contributed by atoms with E-state index < -0.39 is 11.7 Å². The van der Waals surface area contributed by atoms with Gasteiger partial charge in [0.1, 0.15) is 5.82 Å². The highest BCUT2D eigenvalue weighted by atomic mass is 19.4. The van der Waals surface area contributed by atoms with Crippen molar-refractivity contribution in [2.45, 2.75) is 37.9 Å². The molecule has 2 saturated carbocycles. The highest BCUT2D eigenvalue weighted by Gasteiger charge is 2.57. The van der Waals surface area contributed by atoms with Crippen molar-refractivity contribution >= 4 is 0 Å². The Morgan fingerprint density at radius 1 is 1.21 bits per heavy atom. The fourth-order valence-electron chi connectivity index (χ4n) is 4.79. The summed E-state index contributed by atoms with van der Waals surface area (Å²) in [4.78, 5) is 11.2. The summed E-state index contributed by atoms with van der Waals surface area (Å²) in [6.07, 6.45) is 1.28. The highest BCUT2D eigenvalue weighted by molar-refractivity contribution is 5.59. The number of nitrogens with zero attached hydrogens (tertiary/aromatic N) is 4. The molecule has 29 heavy (non-hydrogen) atoms. The van der Waals surface area contributed by atoms with Crippen LogP contribution in [0, 0.1) is 18.8 Å². The standard InChI is InChI=1S/C21H25F3N4O/c1-12-17(21(22,23)24)7-14(8-25-12)18-11-28(20(26-18)13-3-4-13)19-15-9-27(5-6-29-2)10-16(15)19/h7-8,11,13,15-16,19H,3-6,9-10H2,1-2H3/t15-,16+,19?. The molecule has 2 aromatic heterocycles. The van der Waals surface area contributed by atoms with Crippen molar-refractivity contribution in [2.75, 3.05) is 33.4 Å². The average Bonchev–Trinajstić information content (AvgIpc) is 3.55. The minimum absolute atomic E-state index is 0.00373. The maximum atomic E-state index is 13.3. The maximum Gasteiger partial charge on any atom is 0.418 e. The molecular formula is C21H25F3N4O. The number of methoxy groups -OCH3 is 1. The Labute approximate surface area is 167 Å². The fourth-order valence-corrected chi connectivity index (χ4v) is 4.79. The summed E-state index contributed by atoms with van der Waals surface area (Å²) < 4.78 is 47.4. The van der Waals surface area contributed by atoms with Gasteiger partial charge in [0.2, 0.25) is 0 Å². The second-order valence-corrected chi connectivity index (χ2v) is 8.59. The number of rotatable bonds is 6. The Hall–Kier alpha value is -1.93. The number of imidazole rings is 1. The van der Waals surface area contributed by atoms with E-state index in [9.17, 15) is 13.2 Å². The molecule has 0 aromatic carbocycles. The topological polar surface area (TPSA) is 43.2 Å². The molecule has 1 unspecified atom stereocenters. The van der Waals surface area contributed by atoms with Crippen LogP contribution in [0.2, 0.25) is 0 Å². The first-order valence-corrected chi connectivity index (χ1v) is 10.2. The van der Waals surface area contributed by atoms with Gasteiger partial charge in [-0.2, -0.15) is 13.2 Å². The molecule has 5 nitrogen and oxygen atoms in total. The third-order valence-electron chi connectivity index (χ3n) is 6.55. The molecule has 3 aliphatic rings. The van der Waals surface area contributed by atoms with Gasteiger partial charge in [-0.1, -0.05) is 0 Å². The van der Waals surface area contributed by atoms with Crippen molar-refractivity contribution in [2.24, 2.45) is 11.8 Å². The first kappa shape index (κ1) is 19.1. The van der Waals surface area contributed by atoms with E-state index in [0.29, 0.717) is 35.1 Å². The summed E-state index contributed by atoms with van der Waals surface area (Å²) >= 11 is 0. The normalized spacial score (nSPS) is 26.7. The molecule has 3 atom stereocenters. The third kappa shape index (κ3) is 3.46. The summed E-state index contributed by atoms with van der Waals surface area (Å²) in [6, 6.07) is 1.61. The fraction of sp³-hybridized carbons (Fsp3) is 0.619. The van der Waals surface area contributed by atoms with Crippen LogP contribution in [0.25, 0.3) is 11.3 Å². The Bertz CT molecular complexity index is 909. The minimum Gasteiger partial charge on any atom is -0.383 e. The van der Waals surface area contributed by atoms with E-state index in [4.69, 9.17) is 9.72 Å². The van der Waals surface area contributed by atoms with Crippen LogP contribution < -0.4 is 0 Å². The van der Waals surface area contributed by atoms with Crippen LogP contribution in [0.4, 0.5) is 13.2 Å². The molecule has 0 spiro atoms. The lowest BCUT2D eigenvalue weighted by atomic mass is 10.1.